The van der Waals surface area contributed by atoms with Crippen LogP contribution in [0.15, 0.2) is 42.5 Å². The molecule has 0 saturated carbocycles. The topological polar surface area (TPSA) is 46.6 Å². The van der Waals surface area contributed by atoms with Gasteiger partial charge in [0.1, 0.15) is 0 Å². The summed E-state index contributed by atoms with van der Waals surface area (Å²) in [7, 11) is 0. The van der Waals surface area contributed by atoms with Crippen molar-refractivity contribution in [3.05, 3.63) is 53.0 Å². The highest BCUT2D eigenvalue weighted by atomic mass is 32.1. The van der Waals surface area contributed by atoms with Crippen molar-refractivity contribution in [3.63, 3.8) is 0 Å². The summed E-state index contributed by atoms with van der Waals surface area (Å²) in [5, 5.41) is 5.44. The van der Waals surface area contributed by atoms with Gasteiger partial charge in [0.25, 0.3) is 0 Å². The van der Waals surface area contributed by atoms with Crippen LogP contribution in [0, 0.1) is 0 Å². The van der Waals surface area contributed by atoms with Gasteiger partial charge < -0.3 is 19.7 Å². The Kier molecular flexibility index (Phi) is 4.78. The van der Waals surface area contributed by atoms with Crippen LogP contribution in [0.25, 0.3) is 10.2 Å². The number of hydrogen-bond acceptors (Lipinski definition) is 5. The average Bonchev–Trinajstić information content (AvgIpc) is 3.38. The van der Waals surface area contributed by atoms with Gasteiger partial charge in [0.15, 0.2) is 16.6 Å². The van der Waals surface area contributed by atoms with Gasteiger partial charge in [-0.3, -0.25) is 0 Å². The van der Waals surface area contributed by atoms with Gasteiger partial charge in [-0.25, -0.2) is 4.98 Å². The van der Waals surface area contributed by atoms with E-state index in [0.717, 1.165) is 47.2 Å². The Bertz CT molecular complexity index is 987. The number of piperidine rings is 1. The minimum absolute atomic E-state index is 0.297. The number of nitrogens with one attached hydrogen (secondary N) is 1. The largest absolute Gasteiger partial charge is 0.454 e. The lowest BCUT2D eigenvalue weighted by atomic mass is 9.99. The van der Waals surface area contributed by atoms with Gasteiger partial charge in [0.2, 0.25) is 6.79 Å². The minimum atomic E-state index is 0.297. The summed E-state index contributed by atoms with van der Waals surface area (Å²) in [4.78, 5) is 7.14. The zero-order chi connectivity index (χ0) is 18.9. The van der Waals surface area contributed by atoms with Crippen LogP contribution in [0.5, 0.6) is 11.5 Å². The number of likely N-dealkylation sites (tertiary alicyclic amines) is 1. The second-order valence-corrected chi connectivity index (χ2v) is 8.60. The van der Waals surface area contributed by atoms with E-state index >= 15 is 0 Å². The number of thiazole rings is 1. The van der Waals surface area contributed by atoms with Crippen LogP contribution < -0.4 is 14.8 Å². The van der Waals surface area contributed by atoms with Crippen molar-refractivity contribution >= 4 is 38.9 Å². The quantitative estimate of drug-likeness (QED) is 0.649. The van der Waals surface area contributed by atoms with Crippen LogP contribution in [0.1, 0.15) is 29.3 Å². The molecule has 5 nitrogen and oxygen atoms in total. The summed E-state index contributed by atoms with van der Waals surface area (Å²) in [5.41, 5.74) is 2.23. The number of ether oxygens (including phenoxy) is 2. The van der Waals surface area contributed by atoms with E-state index in [1.807, 2.05) is 35.6 Å². The van der Waals surface area contributed by atoms with Crippen LogP contribution in [-0.2, 0) is 6.54 Å². The van der Waals surface area contributed by atoms with E-state index in [2.05, 4.69) is 28.4 Å². The van der Waals surface area contributed by atoms with Crippen molar-refractivity contribution in [2.24, 2.45) is 0 Å². The molecule has 28 heavy (non-hydrogen) atoms. The molecule has 3 heterocycles. The van der Waals surface area contributed by atoms with Crippen LogP contribution in [0.2, 0.25) is 0 Å². The van der Waals surface area contributed by atoms with Crippen molar-refractivity contribution in [2.75, 3.05) is 19.9 Å². The smallest absolute Gasteiger partial charge is 0.231 e. The van der Waals surface area contributed by atoms with Crippen molar-refractivity contribution in [3.8, 4) is 11.5 Å². The summed E-state index contributed by atoms with van der Waals surface area (Å²) < 4.78 is 12.1. The van der Waals surface area contributed by atoms with E-state index in [0.29, 0.717) is 19.3 Å². The molecule has 0 bridgehead atoms. The zero-order valence-corrected chi connectivity index (χ0v) is 17.0. The Balaban J connectivity index is 1.22. The number of thiocarbonyl (C=S) groups is 1. The van der Waals surface area contributed by atoms with E-state index in [-0.39, 0.29) is 0 Å². The van der Waals surface area contributed by atoms with Gasteiger partial charge in [0, 0.05) is 25.6 Å². The fourth-order valence-corrected chi connectivity index (χ4v) is 5.10. The normalized spacial score (nSPS) is 18.4. The zero-order valence-electron chi connectivity index (χ0n) is 15.4. The molecule has 1 saturated heterocycles. The Morgan fingerprint density at radius 1 is 1.21 bits per heavy atom. The van der Waals surface area contributed by atoms with Gasteiger partial charge >= 0.3 is 0 Å². The van der Waals surface area contributed by atoms with Gasteiger partial charge in [-0.05, 0) is 54.9 Å². The van der Waals surface area contributed by atoms with Crippen LogP contribution in [-0.4, -0.2) is 34.9 Å². The van der Waals surface area contributed by atoms with Crippen LogP contribution >= 0.6 is 23.6 Å². The van der Waals surface area contributed by atoms with E-state index in [4.69, 9.17) is 26.7 Å². The predicted molar refractivity (Wildman–Crippen MR) is 115 cm³/mol. The molecule has 0 unspecified atom stereocenters. The number of hydrogen-bond donors (Lipinski definition) is 1. The molecule has 144 valence electrons. The van der Waals surface area contributed by atoms with Crippen molar-refractivity contribution in [1.82, 2.24) is 15.2 Å². The molecule has 0 spiro atoms. The fourth-order valence-electron chi connectivity index (χ4n) is 3.77. The first kappa shape index (κ1) is 17.7. The fraction of sp³-hybridized carbons (Fsp3) is 0.333. The number of para-hydroxylation sites is 1. The third-order valence-electron chi connectivity index (χ3n) is 5.25. The highest BCUT2D eigenvalue weighted by Crippen LogP contribution is 2.34. The summed E-state index contributed by atoms with van der Waals surface area (Å²) in [5.74, 6) is 2.05. The monoisotopic (exact) mass is 411 g/mol. The molecule has 5 rings (SSSR count). The van der Waals surface area contributed by atoms with Gasteiger partial charge in [0.05, 0.1) is 15.2 Å². The molecule has 0 radical (unpaired) electrons. The van der Waals surface area contributed by atoms with Crippen molar-refractivity contribution in [2.45, 2.75) is 25.3 Å². The Hall–Kier alpha value is -2.38. The lowest BCUT2D eigenvalue weighted by Gasteiger charge is -2.33. The highest BCUT2D eigenvalue weighted by Gasteiger charge is 2.25. The Morgan fingerprint density at radius 3 is 3.04 bits per heavy atom. The summed E-state index contributed by atoms with van der Waals surface area (Å²) >= 11 is 7.49. The molecule has 0 aliphatic carbocycles. The van der Waals surface area contributed by atoms with Gasteiger partial charge in [-0.2, -0.15) is 0 Å². The third kappa shape index (κ3) is 3.52. The lowest BCUT2D eigenvalue weighted by Crippen LogP contribution is -2.44. The first-order valence-corrected chi connectivity index (χ1v) is 10.8. The summed E-state index contributed by atoms with van der Waals surface area (Å²) in [6.45, 7) is 2.89. The molecule has 7 heteroatoms. The number of rotatable bonds is 3. The maximum absolute atomic E-state index is 5.68. The van der Waals surface area contributed by atoms with Crippen LogP contribution in [0.4, 0.5) is 0 Å². The number of aromatic nitrogens is 1. The SMILES string of the molecule is S=C(NCc1ccc2c(c1)OCO2)N1CCC[C@H](c2nc3ccccc3s2)C1. The number of nitrogens with zero attached hydrogens (tertiary/aromatic N) is 2. The molecule has 2 aromatic carbocycles. The lowest BCUT2D eigenvalue weighted by molar-refractivity contribution is 0.174. The third-order valence-corrected chi connectivity index (χ3v) is 6.85. The number of benzene rings is 2. The molecular weight excluding hydrogens is 390 g/mol. The molecule has 1 fully saturated rings. The summed E-state index contributed by atoms with van der Waals surface area (Å²) in [6.07, 6.45) is 2.30. The Labute approximate surface area is 173 Å². The van der Waals surface area contributed by atoms with Gasteiger partial charge in [-0.1, -0.05) is 18.2 Å². The highest BCUT2D eigenvalue weighted by molar-refractivity contribution is 7.80. The van der Waals surface area contributed by atoms with E-state index in [1.54, 1.807) is 0 Å². The standard InChI is InChI=1S/C21H21N3O2S2/c27-21(22-11-14-7-8-17-18(10-14)26-13-25-17)24-9-3-4-15(12-24)20-23-16-5-1-2-6-19(16)28-20/h1-2,5-8,10,15H,3-4,9,11-13H2,(H,22,27)/t15-/m0/s1. The molecule has 1 aromatic heterocycles. The molecule has 3 aromatic rings. The molecule has 0 amide bonds. The maximum atomic E-state index is 5.68. The first-order chi connectivity index (χ1) is 13.8. The second kappa shape index (κ2) is 7.56. The molecule has 1 atom stereocenters. The van der Waals surface area contributed by atoms with Crippen molar-refractivity contribution in [1.29, 1.82) is 0 Å². The van der Waals surface area contributed by atoms with E-state index in [1.165, 1.54) is 16.1 Å². The van der Waals surface area contributed by atoms with Gasteiger partial charge in [-0.15, -0.1) is 11.3 Å². The van der Waals surface area contributed by atoms with Crippen LogP contribution in [0.3, 0.4) is 0 Å². The summed E-state index contributed by atoms with van der Waals surface area (Å²) in [6, 6.07) is 14.4. The van der Waals surface area contributed by atoms with Crippen molar-refractivity contribution < 1.29 is 9.47 Å². The van der Waals surface area contributed by atoms with E-state index < -0.39 is 0 Å². The molecule has 1 N–H and O–H groups in total. The maximum Gasteiger partial charge on any atom is 0.231 e. The van der Waals surface area contributed by atoms with E-state index in [9.17, 15) is 0 Å². The molecular formula is C21H21N3O2S2. The second-order valence-electron chi connectivity index (χ2n) is 7.15. The molecule has 2 aliphatic rings. The Morgan fingerprint density at radius 2 is 2.11 bits per heavy atom. The average molecular weight is 412 g/mol. The minimum Gasteiger partial charge on any atom is -0.454 e. The molecule has 2 aliphatic heterocycles. The predicted octanol–water partition coefficient (Wildman–Crippen LogP) is 4.28. The number of fused-ring (bicyclic) bond motifs is 2. The first-order valence-electron chi connectivity index (χ1n) is 9.53.